The number of carboxylic acids is 1. The van der Waals surface area contributed by atoms with Crippen molar-refractivity contribution in [2.75, 3.05) is 6.54 Å². The monoisotopic (exact) mass is 424 g/mol. The molecule has 0 radical (unpaired) electrons. The van der Waals surface area contributed by atoms with Crippen molar-refractivity contribution >= 4 is 23.7 Å². The second kappa shape index (κ2) is 11.9. The number of nitrogens with one attached hydrogen (secondary N) is 4. The third-order valence-electron chi connectivity index (χ3n) is 4.84. The van der Waals surface area contributed by atoms with Gasteiger partial charge < -0.3 is 31.8 Å². The average Bonchev–Trinajstić information content (AvgIpc) is 3.21. The summed E-state index contributed by atoms with van der Waals surface area (Å²) in [7, 11) is 0. The summed E-state index contributed by atoms with van der Waals surface area (Å²) >= 11 is 0. The zero-order valence-electron chi connectivity index (χ0n) is 17.8. The zero-order chi connectivity index (χ0) is 22.8. The Morgan fingerprint density at radius 3 is 2.20 bits per heavy atom. The van der Waals surface area contributed by atoms with E-state index in [0.29, 0.717) is 12.1 Å². The number of hydrogen-bond donors (Lipinski definition) is 6. The van der Waals surface area contributed by atoms with Crippen LogP contribution in [0.15, 0.2) is 12.5 Å². The number of imidazole rings is 1. The van der Waals surface area contributed by atoms with Gasteiger partial charge in [-0.3, -0.25) is 14.4 Å². The molecule has 4 atom stereocenters. The van der Waals surface area contributed by atoms with Gasteiger partial charge in [-0.25, -0.2) is 9.78 Å². The number of rotatable bonds is 12. The van der Waals surface area contributed by atoms with Gasteiger partial charge in [-0.05, 0) is 11.8 Å². The molecule has 0 saturated carbocycles. The molecule has 7 N–H and O–H groups in total. The first-order valence-corrected chi connectivity index (χ1v) is 9.90. The number of aromatic nitrogens is 2. The van der Waals surface area contributed by atoms with E-state index in [2.05, 4.69) is 25.9 Å². The normalized spacial score (nSPS) is 15.0. The first-order chi connectivity index (χ1) is 14.1. The number of carbonyl (C=O) groups is 4. The molecule has 0 bridgehead atoms. The Balaban J connectivity index is 2.95. The fourth-order valence-electron chi connectivity index (χ4n) is 2.79. The highest BCUT2D eigenvalue weighted by atomic mass is 16.4. The Labute approximate surface area is 175 Å². The van der Waals surface area contributed by atoms with Gasteiger partial charge in [0.1, 0.15) is 18.1 Å². The van der Waals surface area contributed by atoms with Gasteiger partial charge in [0.25, 0.3) is 0 Å². The summed E-state index contributed by atoms with van der Waals surface area (Å²) in [6.45, 7) is 6.87. The van der Waals surface area contributed by atoms with Gasteiger partial charge in [-0.15, -0.1) is 0 Å². The molecule has 168 valence electrons. The van der Waals surface area contributed by atoms with E-state index in [-0.39, 0.29) is 24.8 Å². The highest BCUT2D eigenvalue weighted by molar-refractivity contribution is 5.93. The van der Waals surface area contributed by atoms with Crippen LogP contribution < -0.4 is 21.7 Å². The van der Waals surface area contributed by atoms with Gasteiger partial charge >= 0.3 is 5.97 Å². The lowest BCUT2D eigenvalue weighted by atomic mass is 9.96. The molecule has 0 fully saturated rings. The van der Waals surface area contributed by atoms with Crippen LogP contribution in [-0.4, -0.2) is 63.4 Å². The summed E-state index contributed by atoms with van der Waals surface area (Å²) in [6.07, 6.45) is 3.48. The Kier molecular flexibility index (Phi) is 9.96. The topological polar surface area (TPSA) is 179 Å². The predicted octanol–water partition coefficient (Wildman–Crippen LogP) is -0.848. The van der Waals surface area contributed by atoms with E-state index < -0.39 is 41.8 Å². The third-order valence-corrected chi connectivity index (χ3v) is 4.84. The van der Waals surface area contributed by atoms with Crippen molar-refractivity contribution in [1.29, 1.82) is 0 Å². The molecule has 0 saturated heterocycles. The summed E-state index contributed by atoms with van der Waals surface area (Å²) in [6, 6.07) is -3.04. The molecule has 0 aromatic carbocycles. The van der Waals surface area contributed by atoms with Crippen molar-refractivity contribution in [3.63, 3.8) is 0 Å². The Morgan fingerprint density at radius 1 is 1.10 bits per heavy atom. The number of carboxylic acid groups (broad SMARTS) is 1. The standard InChI is InChI=1S/C19H32N6O5/c1-5-11(4)16(25-17(27)15(10(2)3)24-14(26)7-20)18(28)23-13(19(29)30)6-12-8-21-9-22-12/h8-11,13,15-16H,5-7,20H2,1-4H3,(H,21,22)(H,23,28)(H,24,26)(H,25,27)(H,29,30). The number of H-pyrrole nitrogens is 1. The largest absolute Gasteiger partial charge is 0.480 e. The Morgan fingerprint density at radius 2 is 1.73 bits per heavy atom. The summed E-state index contributed by atoms with van der Waals surface area (Å²) in [4.78, 5) is 55.5. The second-order valence-electron chi connectivity index (χ2n) is 7.55. The molecule has 11 nitrogen and oxygen atoms in total. The number of amides is 3. The molecule has 3 amide bonds. The lowest BCUT2D eigenvalue weighted by Crippen LogP contribution is -2.59. The lowest BCUT2D eigenvalue weighted by molar-refractivity contribution is -0.142. The van der Waals surface area contributed by atoms with Gasteiger partial charge in [-0.2, -0.15) is 0 Å². The van der Waals surface area contributed by atoms with Crippen LogP contribution in [0.2, 0.25) is 0 Å². The number of hydrogen-bond acceptors (Lipinski definition) is 6. The fraction of sp³-hybridized carbons (Fsp3) is 0.632. The summed E-state index contributed by atoms with van der Waals surface area (Å²) in [5.41, 5.74) is 5.86. The highest BCUT2D eigenvalue weighted by Gasteiger charge is 2.33. The van der Waals surface area contributed by atoms with Crippen LogP contribution in [0, 0.1) is 11.8 Å². The smallest absolute Gasteiger partial charge is 0.326 e. The van der Waals surface area contributed by atoms with Gasteiger partial charge in [0, 0.05) is 18.3 Å². The highest BCUT2D eigenvalue weighted by Crippen LogP contribution is 2.11. The number of aromatic amines is 1. The molecule has 30 heavy (non-hydrogen) atoms. The first-order valence-electron chi connectivity index (χ1n) is 9.90. The van der Waals surface area contributed by atoms with E-state index in [1.54, 1.807) is 20.8 Å². The van der Waals surface area contributed by atoms with Crippen LogP contribution in [0.25, 0.3) is 0 Å². The molecular weight excluding hydrogens is 392 g/mol. The number of nitrogens with two attached hydrogens (primary N) is 1. The van der Waals surface area contributed by atoms with Gasteiger partial charge in [-0.1, -0.05) is 34.1 Å². The third kappa shape index (κ3) is 7.47. The molecule has 1 rings (SSSR count). The van der Waals surface area contributed by atoms with Crippen LogP contribution in [0.1, 0.15) is 39.8 Å². The Hall–Kier alpha value is -2.95. The van der Waals surface area contributed by atoms with Crippen molar-refractivity contribution in [2.45, 2.75) is 58.7 Å². The minimum atomic E-state index is -1.21. The number of nitrogens with zero attached hydrogens (tertiary/aromatic N) is 1. The Bertz CT molecular complexity index is 721. The molecule has 0 aliphatic heterocycles. The van der Waals surface area contributed by atoms with E-state index in [0.717, 1.165) is 0 Å². The molecule has 0 aliphatic rings. The molecule has 11 heteroatoms. The van der Waals surface area contributed by atoms with Crippen molar-refractivity contribution in [2.24, 2.45) is 17.6 Å². The lowest BCUT2D eigenvalue weighted by Gasteiger charge is -2.28. The molecule has 0 aliphatic carbocycles. The van der Waals surface area contributed by atoms with Crippen molar-refractivity contribution in [1.82, 2.24) is 25.9 Å². The first kappa shape index (κ1) is 25.1. The number of carbonyl (C=O) groups excluding carboxylic acids is 3. The minimum Gasteiger partial charge on any atom is -0.480 e. The molecule has 1 aromatic heterocycles. The summed E-state index contributed by atoms with van der Waals surface area (Å²) in [5.74, 6) is -3.35. The zero-order valence-corrected chi connectivity index (χ0v) is 17.8. The predicted molar refractivity (Wildman–Crippen MR) is 109 cm³/mol. The van der Waals surface area contributed by atoms with E-state index >= 15 is 0 Å². The summed E-state index contributed by atoms with van der Waals surface area (Å²) in [5, 5.41) is 17.2. The van der Waals surface area contributed by atoms with E-state index in [4.69, 9.17) is 5.73 Å². The second-order valence-corrected chi connectivity index (χ2v) is 7.55. The molecular formula is C19H32N6O5. The fourth-order valence-corrected chi connectivity index (χ4v) is 2.79. The van der Waals surface area contributed by atoms with Crippen molar-refractivity contribution in [3.05, 3.63) is 18.2 Å². The number of aliphatic carboxylic acids is 1. The van der Waals surface area contributed by atoms with Gasteiger partial charge in [0.05, 0.1) is 12.9 Å². The van der Waals surface area contributed by atoms with Crippen molar-refractivity contribution in [3.8, 4) is 0 Å². The SMILES string of the molecule is CCC(C)C(NC(=O)C(NC(=O)CN)C(C)C)C(=O)NC(Cc1cnc[nH]1)C(=O)O. The maximum Gasteiger partial charge on any atom is 0.326 e. The van der Waals surface area contributed by atoms with Crippen LogP contribution in [0.3, 0.4) is 0 Å². The van der Waals surface area contributed by atoms with E-state index in [1.807, 2.05) is 6.92 Å². The van der Waals surface area contributed by atoms with Crippen LogP contribution in [-0.2, 0) is 25.6 Å². The van der Waals surface area contributed by atoms with Crippen LogP contribution >= 0.6 is 0 Å². The minimum absolute atomic E-state index is 0.0173. The van der Waals surface area contributed by atoms with E-state index in [1.165, 1.54) is 12.5 Å². The van der Waals surface area contributed by atoms with Crippen LogP contribution in [0.4, 0.5) is 0 Å². The van der Waals surface area contributed by atoms with Gasteiger partial charge in [0.15, 0.2) is 0 Å². The quantitative estimate of drug-likeness (QED) is 0.253. The molecule has 4 unspecified atom stereocenters. The van der Waals surface area contributed by atoms with Gasteiger partial charge in [0.2, 0.25) is 17.7 Å². The van der Waals surface area contributed by atoms with Crippen LogP contribution in [0.5, 0.6) is 0 Å². The molecule has 0 spiro atoms. The maximum absolute atomic E-state index is 12.9. The summed E-state index contributed by atoms with van der Waals surface area (Å²) < 4.78 is 0. The molecule has 1 heterocycles. The maximum atomic E-state index is 12.9. The molecule has 1 aromatic rings. The van der Waals surface area contributed by atoms with Crippen molar-refractivity contribution < 1.29 is 24.3 Å². The average molecular weight is 425 g/mol. The van der Waals surface area contributed by atoms with E-state index in [9.17, 15) is 24.3 Å².